The predicted octanol–water partition coefficient (Wildman–Crippen LogP) is 1.48. The van der Waals surface area contributed by atoms with E-state index in [1.54, 1.807) is 6.08 Å². The largest absolute Gasteiger partial charge is 0.352 e. The molecule has 0 radical (unpaired) electrons. The van der Waals surface area contributed by atoms with Crippen molar-refractivity contribution < 1.29 is 22.8 Å². The van der Waals surface area contributed by atoms with Crippen molar-refractivity contribution in [1.82, 2.24) is 10.2 Å². The van der Waals surface area contributed by atoms with E-state index in [4.69, 9.17) is 0 Å². The number of amides is 3. The van der Waals surface area contributed by atoms with Crippen LogP contribution in [0.2, 0.25) is 0 Å². The summed E-state index contributed by atoms with van der Waals surface area (Å²) in [5, 5.41) is 4.13. The Morgan fingerprint density at radius 1 is 1.40 bits per heavy atom. The first-order valence-corrected chi connectivity index (χ1v) is 11.1. The van der Waals surface area contributed by atoms with E-state index < -0.39 is 21.0 Å². The lowest BCUT2D eigenvalue weighted by Gasteiger charge is -2.14. The third-order valence-electron chi connectivity index (χ3n) is 3.85. The van der Waals surface area contributed by atoms with E-state index in [0.29, 0.717) is 11.3 Å². The molecule has 1 aromatic heterocycles. The van der Waals surface area contributed by atoms with E-state index in [9.17, 15) is 22.8 Å². The lowest BCUT2D eigenvalue weighted by molar-refractivity contribution is -0.124. The number of nitrogens with zero attached hydrogens (tertiary/aromatic N) is 1. The van der Waals surface area contributed by atoms with Gasteiger partial charge in [0.15, 0.2) is 9.84 Å². The third kappa shape index (κ3) is 4.50. The topological polar surface area (TPSA) is 101 Å². The highest BCUT2D eigenvalue weighted by atomic mass is 32.2. The average molecular weight is 401 g/mol. The summed E-state index contributed by atoms with van der Waals surface area (Å²) in [5.74, 6) is -0.735. The molecule has 1 N–H and O–H groups in total. The summed E-state index contributed by atoms with van der Waals surface area (Å²) in [6.07, 6.45) is 2.03. The van der Waals surface area contributed by atoms with E-state index in [1.807, 2.05) is 17.5 Å². The number of hydrogen-bond acceptors (Lipinski definition) is 7. The van der Waals surface area contributed by atoms with Crippen LogP contribution in [0.15, 0.2) is 22.4 Å². The summed E-state index contributed by atoms with van der Waals surface area (Å²) < 4.78 is 22.8. The highest BCUT2D eigenvalue weighted by Crippen LogP contribution is 2.32. The summed E-state index contributed by atoms with van der Waals surface area (Å²) in [6, 6.07) is 3.32. The smallest absolute Gasteiger partial charge is 0.293 e. The van der Waals surface area contributed by atoms with Crippen LogP contribution in [-0.2, 0) is 19.4 Å². The Morgan fingerprint density at radius 2 is 2.20 bits per heavy atom. The van der Waals surface area contributed by atoms with Crippen LogP contribution < -0.4 is 5.32 Å². The van der Waals surface area contributed by atoms with Crippen LogP contribution >= 0.6 is 23.1 Å². The van der Waals surface area contributed by atoms with Crippen LogP contribution in [0.3, 0.4) is 0 Å². The fourth-order valence-corrected chi connectivity index (χ4v) is 5.88. The molecule has 25 heavy (non-hydrogen) atoms. The van der Waals surface area contributed by atoms with Gasteiger partial charge in [-0.3, -0.25) is 19.3 Å². The maximum atomic E-state index is 12.3. The molecule has 2 fully saturated rings. The molecule has 0 unspecified atom stereocenters. The van der Waals surface area contributed by atoms with Crippen LogP contribution in [-0.4, -0.2) is 54.5 Å². The average Bonchev–Trinajstić information content (AvgIpc) is 3.21. The van der Waals surface area contributed by atoms with Crippen molar-refractivity contribution in [1.29, 1.82) is 0 Å². The first-order chi connectivity index (χ1) is 11.8. The van der Waals surface area contributed by atoms with Gasteiger partial charge >= 0.3 is 0 Å². The Bertz CT molecular complexity index is 829. The highest BCUT2D eigenvalue weighted by Gasteiger charge is 2.35. The van der Waals surface area contributed by atoms with Crippen molar-refractivity contribution in [2.75, 3.05) is 18.1 Å². The molecule has 0 aromatic carbocycles. The lowest BCUT2D eigenvalue weighted by Crippen LogP contribution is -2.38. The first kappa shape index (κ1) is 18.2. The molecule has 3 heterocycles. The van der Waals surface area contributed by atoms with Crippen molar-refractivity contribution in [3.8, 4) is 0 Å². The molecular formula is C15H16N2O5S3. The molecule has 0 aliphatic carbocycles. The van der Waals surface area contributed by atoms with Gasteiger partial charge in [0.2, 0.25) is 5.91 Å². The summed E-state index contributed by atoms with van der Waals surface area (Å²) in [5.41, 5.74) is 0. The van der Waals surface area contributed by atoms with Gasteiger partial charge in [0.05, 0.1) is 16.4 Å². The number of rotatable bonds is 5. The quantitative estimate of drug-likeness (QED) is 0.752. The minimum absolute atomic E-state index is 0.0161. The number of thioether (sulfide) groups is 1. The number of nitrogens with one attached hydrogen (secondary N) is 1. The number of imide groups is 1. The Hall–Kier alpha value is -1.65. The minimum Gasteiger partial charge on any atom is -0.352 e. The number of carbonyl (C=O) groups excluding carboxylic acids is 3. The summed E-state index contributed by atoms with van der Waals surface area (Å²) >= 11 is 2.32. The van der Waals surface area contributed by atoms with E-state index in [-0.39, 0.29) is 36.4 Å². The number of carbonyl (C=O) groups is 3. The lowest BCUT2D eigenvalue weighted by atomic mass is 10.2. The summed E-state index contributed by atoms with van der Waals surface area (Å²) in [7, 11) is -3.06. The van der Waals surface area contributed by atoms with Gasteiger partial charge in [0.25, 0.3) is 11.1 Å². The van der Waals surface area contributed by atoms with Crippen molar-refractivity contribution in [3.05, 3.63) is 27.3 Å². The molecule has 10 heteroatoms. The van der Waals surface area contributed by atoms with Gasteiger partial charge < -0.3 is 5.32 Å². The van der Waals surface area contributed by atoms with Crippen LogP contribution in [0, 0.1) is 0 Å². The van der Waals surface area contributed by atoms with Gasteiger partial charge in [-0.1, -0.05) is 6.07 Å². The fourth-order valence-electron chi connectivity index (χ4n) is 2.62. The molecule has 2 aliphatic heterocycles. The van der Waals surface area contributed by atoms with Crippen LogP contribution in [0.25, 0.3) is 6.08 Å². The second-order valence-electron chi connectivity index (χ2n) is 5.77. The second kappa shape index (κ2) is 7.30. The minimum atomic E-state index is -3.06. The molecule has 2 saturated heterocycles. The van der Waals surface area contributed by atoms with Crippen LogP contribution in [0.5, 0.6) is 0 Å². The van der Waals surface area contributed by atoms with Gasteiger partial charge in [-0.25, -0.2) is 8.42 Å². The predicted molar refractivity (Wildman–Crippen MR) is 96.8 cm³/mol. The highest BCUT2D eigenvalue weighted by molar-refractivity contribution is 8.18. The Labute approximate surface area is 153 Å². The number of hydrogen-bond donors (Lipinski definition) is 1. The van der Waals surface area contributed by atoms with E-state index >= 15 is 0 Å². The van der Waals surface area contributed by atoms with Crippen molar-refractivity contribution in [2.24, 2.45) is 0 Å². The maximum Gasteiger partial charge on any atom is 0.293 e. The fraction of sp³-hybridized carbons (Fsp3) is 0.400. The number of sulfone groups is 1. The van der Waals surface area contributed by atoms with Crippen LogP contribution in [0.1, 0.15) is 17.7 Å². The second-order valence-corrected chi connectivity index (χ2v) is 9.97. The molecule has 2 aliphatic rings. The zero-order valence-electron chi connectivity index (χ0n) is 13.1. The monoisotopic (exact) mass is 400 g/mol. The van der Waals surface area contributed by atoms with Gasteiger partial charge in [-0.15, -0.1) is 11.3 Å². The summed E-state index contributed by atoms with van der Waals surface area (Å²) in [4.78, 5) is 38.5. The molecule has 0 saturated carbocycles. The van der Waals surface area contributed by atoms with Gasteiger partial charge in [0.1, 0.15) is 0 Å². The van der Waals surface area contributed by atoms with E-state index in [2.05, 4.69) is 5.32 Å². The Balaban J connectivity index is 1.53. The van der Waals surface area contributed by atoms with Crippen LogP contribution in [0.4, 0.5) is 4.79 Å². The molecule has 0 bridgehead atoms. The zero-order chi connectivity index (χ0) is 18.0. The molecule has 0 spiro atoms. The third-order valence-corrected chi connectivity index (χ3v) is 7.34. The normalized spacial score (nSPS) is 24.2. The molecular weight excluding hydrogens is 384 g/mol. The van der Waals surface area contributed by atoms with Crippen molar-refractivity contribution in [2.45, 2.75) is 18.9 Å². The SMILES string of the molecule is O=C(CCN1C(=O)S/C(=C\c2cccs2)C1=O)N[C@@H]1CCS(=O)(=O)C1. The molecule has 1 aromatic rings. The standard InChI is InChI=1S/C15H16N2O5S3/c18-13(16-10-4-7-25(21,22)9-10)3-5-17-14(19)12(24-15(17)20)8-11-2-1-6-23-11/h1-2,6,8,10H,3-5,7,9H2,(H,16,18)/b12-8-/t10-/m1/s1. The number of thiophene rings is 1. The van der Waals surface area contributed by atoms with Gasteiger partial charge in [0, 0.05) is 23.9 Å². The Kier molecular flexibility index (Phi) is 5.30. The van der Waals surface area contributed by atoms with Crippen molar-refractivity contribution in [3.63, 3.8) is 0 Å². The molecule has 3 rings (SSSR count). The van der Waals surface area contributed by atoms with Crippen molar-refractivity contribution >= 4 is 56.1 Å². The van der Waals surface area contributed by atoms with Gasteiger partial charge in [-0.2, -0.15) is 0 Å². The van der Waals surface area contributed by atoms with Gasteiger partial charge in [-0.05, 0) is 35.7 Å². The molecule has 1 atom stereocenters. The molecule has 3 amide bonds. The maximum absolute atomic E-state index is 12.3. The molecule has 7 nitrogen and oxygen atoms in total. The summed E-state index contributed by atoms with van der Waals surface area (Å²) in [6.45, 7) is -0.0161. The van der Waals surface area contributed by atoms with E-state index in [1.165, 1.54) is 11.3 Å². The Morgan fingerprint density at radius 3 is 2.84 bits per heavy atom. The first-order valence-electron chi connectivity index (χ1n) is 7.63. The molecule has 134 valence electrons. The zero-order valence-corrected chi connectivity index (χ0v) is 15.6. The van der Waals surface area contributed by atoms with E-state index in [0.717, 1.165) is 21.5 Å².